The molecule has 0 heterocycles. The molecule has 2 heteroatoms. The van der Waals surface area contributed by atoms with Crippen LogP contribution in [0.1, 0.15) is 76.7 Å². The summed E-state index contributed by atoms with van der Waals surface area (Å²) in [5, 5.41) is 9.56. The molecule has 2 nitrogen and oxygen atoms in total. The fourth-order valence-corrected chi connectivity index (χ4v) is 2.69. The second-order valence-electron chi connectivity index (χ2n) is 5.94. The lowest BCUT2D eigenvalue weighted by Crippen LogP contribution is -1.89. The van der Waals surface area contributed by atoms with Crippen molar-refractivity contribution in [3.63, 3.8) is 0 Å². The molecule has 1 N–H and O–H groups in total. The van der Waals surface area contributed by atoms with Gasteiger partial charge in [-0.1, -0.05) is 70.8 Å². The van der Waals surface area contributed by atoms with Crippen molar-refractivity contribution in [3.8, 4) is 11.5 Å². The molecule has 0 bridgehead atoms. The number of hydrogen-bond donors (Lipinski definition) is 1. The van der Waals surface area contributed by atoms with Crippen molar-refractivity contribution in [2.45, 2.75) is 77.6 Å². The van der Waals surface area contributed by atoms with E-state index in [1.54, 1.807) is 13.2 Å². The standard InChI is InChI=1S/C19H32O2/c1-3-4-5-6-7-8-9-10-11-12-13-17-14-15-18(20)19(16-17)21-2/h14-16,20H,3-13H2,1-2H3. The average molecular weight is 292 g/mol. The molecule has 1 aromatic carbocycles. The first kappa shape index (κ1) is 17.9. The third kappa shape index (κ3) is 7.99. The van der Waals surface area contributed by atoms with Gasteiger partial charge in [-0.05, 0) is 30.5 Å². The number of methoxy groups -OCH3 is 1. The maximum absolute atomic E-state index is 9.56. The molecule has 0 aromatic heterocycles. The monoisotopic (exact) mass is 292 g/mol. The van der Waals surface area contributed by atoms with Gasteiger partial charge < -0.3 is 9.84 Å². The molecule has 0 aliphatic carbocycles. The van der Waals surface area contributed by atoms with E-state index < -0.39 is 0 Å². The Labute approximate surface area is 130 Å². The van der Waals surface area contributed by atoms with Crippen molar-refractivity contribution in [1.29, 1.82) is 0 Å². The molecule has 0 saturated carbocycles. The van der Waals surface area contributed by atoms with Crippen LogP contribution < -0.4 is 4.74 Å². The summed E-state index contributed by atoms with van der Waals surface area (Å²) in [5.74, 6) is 0.809. The zero-order chi connectivity index (χ0) is 15.3. The van der Waals surface area contributed by atoms with E-state index in [-0.39, 0.29) is 5.75 Å². The zero-order valence-corrected chi connectivity index (χ0v) is 13.9. The molecular weight excluding hydrogens is 260 g/mol. The molecule has 0 aliphatic rings. The first-order valence-electron chi connectivity index (χ1n) is 8.63. The van der Waals surface area contributed by atoms with Gasteiger partial charge in [0.15, 0.2) is 11.5 Å². The minimum Gasteiger partial charge on any atom is -0.504 e. The van der Waals surface area contributed by atoms with Gasteiger partial charge in [-0.3, -0.25) is 0 Å². The summed E-state index contributed by atoms with van der Waals surface area (Å²) in [6.07, 6.45) is 14.7. The summed E-state index contributed by atoms with van der Waals surface area (Å²) in [4.78, 5) is 0. The zero-order valence-electron chi connectivity index (χ0n) is 13.9. The van der Waals surface area contributed by atoms with Crippen LogP contribution in [0, 0.1) is 0 Å². The summed E-state index contributed by atoms with van der Waals surface area (Å²) in [5.41, 5.74) is 1.25. The van der Waals surface area contributed by atoms with Crippen molar-refractivity contribution in [2.75, 3.05) is 7.11 Å². The molecule has 0 spiro atoms. The van der Waals surface area contributed by atoms with Crippen molar-refractivity contribution in [3.05, 3.63) is 23.8 Å². The predicted octanol–water partition coefficient (Wildman–Crippen LogP) is 5.86. The smallest absolute Gasteiger partial charge is 0.160 e. The largest absolute Gasteiger partial charge is 0.504 e. The summed E-state index contributed by atoms with van der Waals surface area (Å²) in [7, 11) is 1.60. The third-order valence-electron chi connectivity index (χ3n) is 4.06. The molecule has 0 atom stereocenters. The number of hydrogen-bond acceptors (Lipinski definition) is 2. The maximum Gasteiger partial charge on any atom is 0.160 e. The van der Waals surface area contributed by atoms with Crippen LogP contribution in [0.2, 0.25) is 0 Å². The van der Waals surface area contributed by atoms with Gasteiger partial charge in [-0.2, -0.15) is 0 Å². The fraction of sp³-hybridized carbons (Fsp3) is 0.684. The lowest BCUT2D eigenvalue weighted by Gasteiger charge is -2.07. The number of phenols is 1. The molecule has 0 radical (unpaired) electrons. The number of aryl methyl sites for hydroxylation is 1. The van der Waals surface area contributed by atoms with Gasteiger partial charge in [0.2, 0.25) is 0 Å². The molecule has 1 rings (SSSR count). The van der Waals surface area contributed by atoms with Crippen molar-refractivity contribution in [1.82, 2.24) is 0 Å². The Kier molecular flexibility index (Phi) is 9.77. The van der Waals surface area contributed by atoms with Gasteiger partial charge in [-0.15, -0.1) is 0 Å². The quantitative estimate of drug-likeness (QED) is 0.489. The van der Waals surface area contributed by atoms with E-state index in [1.807, 2.05) is 12.1 Å². The Morgan fingerprint density at radius 2 is 1.43 bits per heavy atom. The van der Waals surface area contributed by atoms with Crippen molar-refractivity contribution in [2.24, 2.45) is 0 Å². The molecule has 21 heavy (non-hydrogen) atoms. The van der Waals surface area contributed by atoms with Crippen LogP contribution in [0.3, 0.4) is 0 Å². The van der Waals surface area contributed by atoms with Gasteiger partial charge in [-0.25, -0.2) is 0 Å². The van der Waals surface area contributed by atoms with Gasteiger partial charge in [0.05, 0.1) is 7.11 Å². The number of phenolic OH excluding ortho intramolecular Hbond substituents is 1. The first-order chi connectivity index (χ1) is 10.3. The van der Waals surface area contributed by atoms with E-state index in [1.165, 1.54) is 69.8 Å². The van der Waals surface area contributed by atoms with E-state index >= 15 is 0 Å². The predicted molar refractivity (Wildman–Crippen MR) is 90.2 cm³/mol. The highest BCUT2D eigenvalue weighted by Crippen LogP contribution is 2.27. The second-order valence-corrected chi connectivity index (χ2v) is 5.94. The van der Waals surface area contributed by atoms with Crippen LogP contribution in [0.4, 0.5) is 0 Å². The molecule has 120 valence electrons. The average Bonchev–Trinajstić information content (AvgIpc) is 2.50. The second kappa shape index (κ2) is 11.5. The summed E-state index contributed by atoms with van der Waals surface area (Å²) < 4.78 is 5.14. The molecule has 0 unspecified atom stereocenters. The minimum atomic E-state index is 0.226. The van der Waals surface area contributed by atoms with Crippen molar-refractivity contribution < 1.29 is 9.84 Å². The van der Waals surface area contributed by atoms with E-state index in [0.717, 1.165) is 6.42 Å². The summed E-state index contributed by atoms with van der Waals surface area (Å²) in [6, 6.07) is 5.67. The van der Waals surface area contributed by atoms with E-state index in [2.05, 4.69) is 6.92 Å². The van der Waals surface area contributed by atoms with E-state index in [9.17, 15) is 5.11 Å². The first-order valence-corrected chi connectivity index (χ1v) is 8.63. The van der Waals surface area contributed by atoms with Crippen molar-refractivity contribution >= 4 is 0 Å². The number of unbranched alkanes of at least 4 members (excludes halogenated alkanes) is 9. The lowest BCUT2D eigenvalue weighted by molar-refractivity contribution is 0.373. The van der Waals surface area contributed by atoms with Crippen LogP contribution >= 0.6 is 0 Å². The van der Waals surface area contributed by atoms with Crippen LogP contribution in [-0.2, 0) is 6.42 Å². The lowest BCUT2D eigenvalue weighted by atomic mass is 10.0. The Bertz CT molecular complexity index is 374. The van der Waals surface area contributed by atoms with Crippen LogP contribution in [0.15, 0.2) is 18.2 Å². The highest BCUT2D eigenvalue weighted by molar-refractivity contribution is 5.41. The summed E-state index contributed by atoms with van der Waals surface area (Å²) in [6.45, 7) is 2.27. The van der Waals surface area contributed by atoms with Gasteiger partial charge in [0, 0.05) is 0 Å². The number of benzene rings is 1. The van der Waals surface area contributed by atoms with Crippen LogP contribution in [-0.4, -0.2) is 12.2 Å². The highest BCUT2D eigenvalue weighted by atomic mass is 16.5. The number of rotatable bonds is 12. The molecule has 0 fully saturated rings. The molecule has 1 aromatic rings. The number of aromatic hydroxyl groups is 1. The fourth-order valence-electron chi connectivity index (χ4n) is 2.69. The molecule has 0 saturated heterocycles. The SMILES string of the molecule is CCCCCCCCCCCCc1ccc(O)c(OC)c1. The Balaban J connectivity index is 2.01. The third-order valence-corrected chi connectivity index (χ3v) is 4.06. The maximum atomic E-state index is 9.56. The van der Waals surface area contributed by atoms with Crippen LogP contribution in [0.25, 0.3) is 0 Å². The Hall–Kier alpha value is -1.18. The Morgan fingerprint density at radius 1 is 0.857 bits per heavy atom. The molecule has 0 aliphatic heterocycles. The minimum absolute atomic E-state index is 0.226. The number of ether oxygens (including phenoxy) is 1. The summed E-state index contributed by atoms with van der Waals surface area (Å²) >= 11 is 0. The van der Waals surface area contributed by atoms with Gasteiger partial charge in [0.25, 0.3) is 0 Å². The highest BCUT2D eigenvalue weighted by Gasteiger charge is 2.02. The topological polar surface area (TPSA) is 29.5 Å². The molecular formula is C19H32O2. The van der Waals surface area contributed by atoms with E-state index in [0.29, 0.717) is 5.75 Å². The Morgan fingerprint density at radius 3 is 2.00 bits per heavy atom. The molecule has 0 amide bonds. The van der Waals surface area contributed by atoms with Gasteiger partial charge >= 0.3 is 0 Å². The normalized spacial score (nSPS) is 10.8. The van der Waals surface area contributed by atoms with Gasteiger partial charge in [0.1, 0.15) is 0 Å². The van der Waals surface area contributed by atoms with Crippen LogP contribution in [0.5, 0.6) is 11.5 Å². The van der Waals surface area contributed by atoms with E-state index in [4.69, 9.17) is 4.74 Å².